The van der Waals surface area contributed by atoms with Gasteiger partial charge in [0.15, 0.2) is 0 Å². The molecule has 0 heterocycles. The molecular weight excluding hydrogens is 261 g/mol. The second kappa shape index (κ2) is 6.93. The predicted molar refractivity (Wildman–Crippen MR) is 62.1 cm³/mol. The third kappa shape index (κ3) is 4.28. The Balaban J connectivity index is 2.34. The SMILES string of the molecule is OCCCCNCc1cccc(F)c1Br. The van der Waals surface area contributed by atoms with Crippen LogP contribution in [0.15, 0.2) is 22.7 Å². The van der Waals surface area contributed by atoms with Crippen molar-refractivity contribution in [1.29, 1.82) is 0 Å². The Kier molecular flexibility index (Phi) is 5.83. The van der Waals surface area contributed by atoms with Gasteiger partial charge in [-0.15, -0.1) is 0 Å². The van der Waals surface area contributed by atoms with Crippen molar-refractivity contribution >= 4 is 15.9 Å². The quantitative estimate of drug-likeness (QED) is 0.782. The third-order valence-corrected chi connectivity index (χ3v) is 3.00. The van der Waals surface area contributed by atoms with Crippen molar-refractivity contribution in [2.75, 3.05) is 13.2 Å². The lowest BCUT2D eigenvalue weighted by atomic mass is 10.2. The van der Waals surface area contributed by atoms with Crippen molar-refractivity contribution in [2.45, 2.75) is 19.4 Å². The normalized spacial score (nSPS) is 10.6. The number of aliphatic hydroxyl groups excluding tert-OH is 1. The summed E-state index contributed by atoms with van der Waals surface area (Å²) in [5.74, 6) is -0.232. The van der Waals surface area contributed by atoms with E-state index in [0.29, 0.717) is 11.0 Å². The summed E-state index contributed by atoms with van der Waals surface area (Å²) in [6, 6.07) is 5.01. The Morgan fingerprint density at radius 1 is 1.33 bits per heavy atom. The van der Waals surface area contributed by atoms with Gasteiger partial charge in [-0.3, -0.25) is 0 Å². The molecule has 0 unspecified atom stereocenters. The Bertz CT molecular complexity index is 307. The van der Waals surface area contributed by atoms with Crippen LogP contribution in [0.5, 0.6) is 0 Å². The first-order valence-corrected chi connectivity index (χ1v) is 5.79. The van der Waals surface area contributed by atoms with Gasteiger partial charge in [0.1, 0.15) is 5.82 Å². The van der Waals surface area contributed by atoms with Crippen LogP contribution in [-0.2, 0) is 6.54 Å². The minimum atomic E-state index is -0.232. The van der Waals surface area contributed by atoms with Gasteiger partial charge in [-0.05, 0) is 46.9 Å². The summed E-state index contributed by atoms with van der Waals surface area (Å²) in [6.07, 6.45) is 1.74. The van der Waals surface area contributed by atoms with Crippen LogP contribution in [0.3, 0.4) is 0 Å². The van der Waals surface area contributed by atoms with Crippen LogP contribution in [0.25, 0.3) is 0 Å². The van der Waals surface area contributed by atoms with E-state index in [1.54, 1.807) is 6.07 Å². The van der Waals surface area contributed by atoms with Gasteiger partial charge in [0.25, 0.3) is 0 Å². The fraction of sp³-hybridized carbons (Fsp3) is 0.455. The smallest absolute Gasteiger partial charge is 0.137 e. The molecule has 0 spiro atoms. The van der Waals surface area contributed by atoms with Crippen LogP contribution in [0.1, 0.15) is 18.4 Å². The molecule has 0 aliphatic rings. The molecule has 4 heteroatoms. The van der Waals surface area contributed by atoms with Crippen molar-refractivity contribution in [1.82, 2.24) is 5.32 Å². The Morgan fingerprint density at radius 2 is 2.13 bits per heavy atom. The van der Waals surface area contributed by atoms with E-state index in [1.165, 1.54) is 6.07 Å². The monoisotopic (exact) mass is 275 g/mol. The lowest BCUT2D eigenvalue weighted by molar-refractivity contribution is 0.283. The van der Waals surface area contributed by atoms with Crippen LogP contribution in [-0.4, -0.2) is 18.3 Å². The van der Waals surface area contributed by atoms with E-state index in [-0.39, 0.29) is 12.4 Å². The Morgan fingerprint density at radius 3 is 2.87 bits per heavy atom. The number of hydrogen-bond donors (Lipinski definition) is 2. The zero-order chi connectivity index (χ0) is 11.1. The van der Waals surface area contributed by atoms with E-state index in [0.717, 1.165) is 24.9 Å². The fourth-order valence-corrected chi connectivity index (χ4v) is 1.67. The highest BCUT2D eigenvalue weighted by atomic mass is 79.9. The van der Waals surface area contributed by atoms with Crippen LogP contribution in [0.4, 0.5) is 4.39 Å². The molecule has 15 heavy (non-hydrogen) atoms. The lowest BCUT2D eigenvalue weighted by Crippen LogP contribution is -2.15. The number of aliphatic hydroxyl groups is 1. The van der Waals surface area contributed by atoms with Crippen LogP contribution in [0, 0.1) is 5.82 Å². The Hall–Kier alpha value is -0.450. The van der Waals surface area contributed by atoms with Crippen molar-refractivity contribution in [2.24, 2.45) is 0 Å². The molecule has 1 aromatic carbocycles. The van der Waals surface area contributed by atoms with Gasteiger partial charge in [-0.1, -0.05) is 12.1 Å². The highest BCUT2D eigenvalue weighted by molar-refractivity contribution is 9.10. The first-order valence-electron chi connectivity index (χ1n) is 5.00. The molecule has 1 rings (SSSR count). The largest absolute Gasteiger partial charge is 0.396 e. The molecule has 0 atom stereocenters. The maximum Gasteiger partial charge on any atom is 0.137 e. The number of unbranched alkanes of at least 4 members (excludes halogenated alkanes) is 1. The van der Waals surface area contributed by atoms with Crippen molar-refractivity contribution < 1.29 is 9.50 Å². The number of nitrogens with one attached hydrogen (secondary N) is 1. The highest BCUT2D eigenvalue weighted by Crippen LogP contribution is 2.19. The second-order valence-electron chi connectivity index (χ2n) is 3.32. The van der Waals surface area contributed by atoms with Gasteiger partial charge in [0, 0.05) is 13.2 Å². The molecule has 84 valence electrons. The molecule has 0 aliphatic heterocycles. The lowest BCUT2D eigenvalue weighted by Gasteiger charge is -2.06. The standard InChI is InChI=1S/C11H15BrFNO/c12-11-9(4-3-5-10(11)13)8-14-6-1-2-7-15/h3-5,14-15H,1-2,6-8H2. The molecule has 0 bridgehead atoms. The molecule has 0 aliphatic carbocycles. The molecule has 0 saturated carbocycles. The molecule has 0 amide bonds. The van der Waals surface area contributed by atoms with E-state index in [9.17, 15) is 4.39 Å². The first kappa shape index (κ1) is 12.6. The summed E-state index contributed by atoms with van der Waals surface area (Å²) < 4.78 is 13.6. The molecule has 0 aromatic heterocycles. The van der Waals surface area contributed by atoms with Crippen LogP contribution in [0.2, 0.25) is 0 Å². The van der Waals surface area contributed by atoms with Gasteiger partial charge < -0.3 is 10.4 Å². The molecule has 0 radical (unpaired) electrons. The van der Waals surface area contributed by atoms with E-state index in [2.05, 4.69) is 21.2 Å². The highest BCUT2D eigenvalue weighted by Gasteiger charge is 2.03. The number of hydrogen-bond acceptors (Lipinski definition) is 2. The van der Waals surface area contributed by atoms with Crippen molar-refractivity contribution in [3.05, 3.63) is 34.1 Å². The third-order valence-electron chi connectivity index (χ3n) is 2.11. The minimum Gasteiger partial charge on any atom is -0.396 e. The van der Waals surface area contributed by atoms with Crippen LogP contribution >= 0.6 is 15.9 Å². The first-order chi connectivity index (χ1) is 7.25. The molecule has 0 saturated heterocycles. The molecule has 0 fully saturated rings. The maximum absolute atomic E-state index is 13.1. The maximum atomic E-state index is 13.1. The fourth-order valence-electron chi connectivity index (χ4n) is 1.27. The van der Waals surface area contributed by atoms with Gasteiger partial charge in [0.05, 0.1) is 4.47 Å². The Labute approximate surface area is 97.6 Å². The minimum absolute atomic E-state index is 0.228. The summed E-state index contributed by atoms with van der Waals surface area (Å²) in [6.45, 7) is 1.71. The summed E-state index contributed by atoms with van der Waals surface area (Å²) >= 11 is 3.21. The average molecular weight is 276 g/mol. The number of halogens is 2. The zero-order valence-electron chi connectivity index (χ0n) is 8.47. The molecule has 2 N–H and O–H groups in total. The van der Waals surface area contributed by atoms with Crippen molar-refractivity contribution in [3.8, 4) is 0 Å². The molecular formula is C11H15BrFNO. The van der Waals surface area contributed by atoms with Gasteiger partial charge in [0.2, 0.25) is 0 Å². The van der Waals surface area contributed by atoms with Crippen LogP contribution < -0.4 is 5.32 Å². The molecule has 1 aromatic rings. The summed E-state index contributed by atoms with van der Waals surface area (Å²) in [7, 11) is 0. The zero-order valence-corrected chi connectivity index (χ0v) is 10.1. The number of rotatable bonds is 6. The summed E-state index contributed by atoms with van der Waals surface area (Å²) in [4.78, 5) is 0. The summed E-state index contributed by atoms with van der Waals surface area (Å²) in [5.41, 5.74) is 0.916. The van der Waals surface area contributed by atoms with Crippen molar-refractivity contribution in [3.63, 3.8) is 0 Å². The second-order valence-corrected chi connectivity index (χ2v) is 4.11. The van der Waals surface area contributed by atoms with Gasteiger partial charge in [-0.2, -0.15) is 0 Å². The summed E-state index contributed by atoms with van der Waals surface area (Å²) in [5, 5.41) is 11.8. The van der Waals surface area contributed by atoms with Gasteiger partial charge >= 0.3 is 0 Å². The van der Waals surface area contributed by atoms with Gasteiger partial charge in [-0.25, -0.2) is 4.39 Å². The topological polar surface area (TPSA) is 32.3 Å². The number of benzene rings is 1. The average Bonchev–Trinajstić information content (AvgIpc) is 2.24. The van der Waals surface area contributed by atoms with E-state index in [1.807, 2.05) is 6.07 Å². The van der Waals surface area contributed by atoms with E-state index in [4.69, 9.17) is 5.11 Å². The molecule has 2 nitrogen and oxygen atoms in total. The van der Waals surface area contributed by atoms with E-state index >= 15 is 0 Å². The predicted octanol–water partition coefficient (Wildman–Crippen LogP) is 2.45. The van der Waals surface area contributed by atoms with E-state index < -0.39 is 0 Å².